The van der Waals surface area contributed by atoms with E-state index in [-0.39, 0.29) is 10.6 Å². The molecule has 0 aliphatic rings. The number of carboxylic acid groups (broad SMARTS) is 1. The fraction of sp³-hybridized carbons (Fsp3) is 0.231. The fourth-order valence-corrected chi connectivity index (χ4v) is 2.63. The number of hydrogen-bond acceptors (Lipinski definition) is 4. The molecular weight excluding hydrogens is 284 g/mol. The molecule has 100 valence electrons. The lowest BCUT2D eigenvalue weighted by Crippen LogP contribution is -2.01. The van der Waals surface area contributed by atoms with Gasteiger partial charge in [0.2, 0.25) is 0 Å². The van der Waals surface area contributed by atoms with E-state index in [1.807, 2.05) is 6.20 Å². The summed E-state index contributed by atoms with van der Waals surface area (Å²) in [5, 5.41) is 13.3. The van der Waals surface area contributed by atoms with E-state index in [1.54, 1.807) is 23.5 Å². The summed E-state index contributed by atoms with van der Waals surface area (Å²) >= 11 is 7.56. The maximum absolute atomic E-state index is 10.8. The number of carboxylic acids is 1. The van der Waals surface area contributed by atoms with E-state index < -0.39 is 5.97 Å². The van der Waals surface area contributed by atoms with Crippen molar-refractivity contribution in [2.75, 3.05) is 5.32 Å². The van der Waals surface area contributed by atoms with Gasteiger partial charge in [-0.1, -0.05) is 18.5 Å². The highest BCUT2D eigenvalue weighted by molar-refractivity contribution is 7.11. The van der Waals surface area contributed by atoms with Gasteiger partial charge in [0.25, 0.3) is 0 Å². The van der Waals surface area contributed by atoms with Gasteiger partial charge in [-0.2, -0.15) is 0 Å². The first-order valence-electron chi connectivity index (χ1n) is 5.80. The van der Waals surface area contributed by atoms with E-state index in [2.05, 4.69) is 17.2 Å². The number of rotatable bonds is 5. The molecule has 0 spiro atoms. The minimum Gasteiger partial charge on any atom is -0.478 e. The molecule has 2 N–H and O–H groups in total. The van der Waals surface area contributed by atoms with Gasteiger partial charge in [-0.25, -0.2) is 9.78 Å². The smallest absolute Gasteiger partial charge is 0.337 e. The Morgan fingerprint density at radius 1 is 1.53 bits per heavy atom. The number of aromatic carboxylic acids is 1. The quantitative estimate of drug-likeness (QED) is 0.884. The number of aromatic nitrogens is 1. The highest BCUT2D eigenvalue weighted by Crippen LogP contribution is 2.22. The van der Waals surface area contributed by atoms with Crippen LogP contribution in [0.25, 0.3) is 0 Å². The Hall–Kier alpha value is -1.59. The van der Waals surface area contributed by atoms with Crippen LogP contribution in [0.5, 0.6) is 0 Å². The van der Waals surface area contributed by atoms with Crippen molar-refractivity contribution in [3.8, 4) is 0 Å². The van der Waals surface area contributed by atoms with E-state index in [9.17, 15) is 4.79 Å². The Bertz CT molecular complexity index is 598. The lowest BCUT2D eigenvalue weighted by atomic mass is 10.2. The van der Waals surface area contributed by atoms with E-state index in [4.69, 9.17) is 16.7 Å². The number of halogens is 1. The van der Waals surface area contributed by atoms with Crippen molar-refractivity contribution < 1.29 is 9.90 Å². The Kier molecular flexibility index (Phi) is 4.39. The molecule has 4 nitrogen and oxygen atoms in total. The van der Waals surface area contributed by atoms with Crippen LogP contribution < -0.4 is 5.32 Å². The maximum Gasteiger partial charge on any atom is 0.337 e. The standard InChI is InChI=1S/C13H13ClN2O2S/c1-2-9-6-16-12(19-9)7-15-8-3-4-10(13(17)18)11(14)5-8/h3-6,15H,2,7H2,1H3,(H,17,18). The molecule has 0 bridgehead atoms. The zero-order chi connectivity index (χ0) is 13.8. The average molecular weight is 297 g/mol. The number of anilines is 1. The highest BCUT2D eigenvalue weighted by Gasteiger charge is 2.09. The van der Waals surface area contributed by atoms with Crippen LogP contribution in [0.15, 0.2) is 24.4 Å². The number of nitrogens with one attached hydrogen (secondary N) is 1. The van der Waals surface area contributed by atoms with Crippen LogP contribution in [0.3, 0.4) is 0 Å². The molecule has 0 aliphatic carbocycles. The van der Waals surface area contributed by atoms with Gasteiger partial charge in [-0.3, -0.25) is 0 Å². The van der Waals surface area contributed by atoms with Crippen molar-refractivity contribution in [1.82, 2.24) is 4.98 Å². The van der Waals surface area contributed by atoms with Gasteiger partial charge in [-0.05, 0) is 24.6 Å². The molecule has 2 rings (SSSR count). The summed E-state index contributed by atoms with van der Waals surface area (Å²) < 4.78 is 0. The third-order valence-corrected chi connectivity index (χ3v) is 4.05. The molecule has 2 aromatic rings. The third-order valence-electron chi connectivity index (χ3n) is 2.59. The van der Waals surface area contributed by atoms with Crippen LogP contribution in [0.4, 0.5) is 5.69 Å². The summed E-state index contributed by atoms with van der Waals surface area (Å²) in [6.45, 7) is 2.70. The molecule has 0 saturated carbocycles. The lowest BCUT2D eigenvalue weighted by molar-refractivity contribution is 0.0697. The number of nitrogens with zero attached hydrogens (tertiary/aromatic N) is 1. The summed E-state index contributed by atoms with van der Waals surface area (Å²) in [6.07, 6.45) is 2.86. The molecule has 0 saturated heterocycles. The van der Waals surface area contributed by atoms with Crippen LogP contribution in [-0.4, -0.2) is 16.1 Å². The average Bonchev–Trinajstić information content (AvgIpc) is 2.84. The largest absolute Gasteiger partial charge is 0.478 e. The Balaban J connectivity index is 2.03. The third kappa shape index (κ3) is 3.45. The maximum atomic E-state index is 10.8. The van der Waals surface area contributed by atoms with Crippen molar-refractivity contribution in [3.05, 3.63) is 44.9 Å². The monoisotopic (exact) mass is 296 g/mol. The van der Waals surface area contributed by atoms with Gasteiger partial charge in [0.15, 0.2) is 0 Å². The highest BCUT2D eigenvalue weighted by atomic mass is 35.5. The molecule has 0 unspecified atom stereocenters. The number of carbonyl (C=O) groups is 1. The first-order valence-corrected chi connectivity index (χ1v) is 7.00. The van der Waals surface area contributed by atoms with Gasteiger partial charge < -0.3 is 10.4 Å². The molecule has 0 radical (unpaired) electrons. The number of benzene rings is 1. The minimum absolute atomic E-state index is 0.106. The van der Waals surface area contributed by atoms with Crippen molar-refractivity contribution >= 4 is 34.6 Å². The second-order valence-electron chi connectivity index (χ2n) is 3.93. The van der Waals surface area contributed by atoms with Gasteiger partial charge in [0.1, 0.15) is 5.01 Å². The summed E-state index contributed by atoms with van der Waals surface area (Å²) in [5.74, 6) is -1.02. The normalized spacial score (nSPS) is 10.4. The molecule has 6 heteroatoms. The number of hydrogen-bond donors (Lipinski definition) is 2. The molecule has 0 aliphatic heterocycles. The predicted molar refractivity (Wildman–Crippen MR) is 77.2 cm³/mol. The van der Waals surface area contributed by atoms with E-state index in [0.717, 1.165) is 17.1 Å². The number of aryl methyl sites for hydroxylation is 1. The fourth-order valence-electron chi connectivity index (χ4n) is 1.57. The van der Waals surface area contributed by atoms with Gasteiger partial charge >= 0.3 is 5.97 Å². The van der Waals surface area contributed by atoms with Crippen LogP contribution in [0.2, 0.25) is 5.02 Å². The van der Waals surface area contributed by atoms with E-state index in [1.165, 1.54) is 10.9 Å². The molecule has 1 heterocycles. The van der Waals surface area contributed by atoms with Crippen LogP contribution in [-0.2, 0) is 13.0 Å². The topological polar surface area (TPSA) is 62.2 Å². The molecular formula is C13H13ClN2O2S. The van der Waals surface area contributed by atoms with Crippen molar-refractivity contribution in [3.63, 3.8) is 0 Å². The Labute approximate surface area is 120 Å². The first kappa shape index (κ1) is 13.8. The minimum atomic E-state index is -1.02. The second-order valence-corrected chi connectivity index (χ2v) is 5.53. The first-order chi connectivity index (χ1) is 9.10. The van der Waals surface area contributed by atoms with Crippen molar-refractivity contribution in [2.45, 2.75) is 19.9 Å². The summed E-state index contributed by atoms with van der Waals surface area (Å²) in [4.78, 5) is 16.4. The summed E-state index contributed by atoms with van der Waals surface area (Å²) in [6, 6.07) is 4.80. The Morgan fingerprint density at radius 2 is 2.32 bits per heavy atom. The molecule has 0 amide bonds. The summed E-state index contributed by atoms with van der Waals surface area (Å²) in [5.41, 5.74) is 0.887. The molecule has 1 aromatic heterocycles. The van der Waals surface area contributed by atoms with Gasteiger partial charge in [-0.15, -0.1) is 11.3 Å². The van der Waals surface area contributed by atoms with Crippen molar-refractivity contribution in [2.24, 2.45) is 0 Å². The summed E-state index contributed by atoms with van der Waals surface area (Å²) in [7, 11) is 0. The second kappa shape index (κ2) is 6.04. The van der Waals surface area contributed by atoms with Crippen molar-refractivity contribution in [1.29, 1.82) is 0 Å². The van der Waals surface area contributed by atoms with Crippen LogP contribution in [0.1, 0.15) is 27.2 Å². The van der Waals surface area contributed by atoms with E-state index in [0.29, 0.717) is 6.54 Å². The van der Waals surface area contributed by atoms with Gasteiger partial charge in [0.05, 0.1) is 17.1 Å². The van der Waals surface area contributed by atoms with Gasteiger partial charge in [0, 0.05) is 16.8 Å². The number of thiazole rings is 1. The zero-order valence-corrected chi connectivity index (χ0v) is 11.9. The van der Waals surface area contributed by atoms with Crippen LogP contribution >= 0.6 is 22.9 Å². The molecule has 1 aromatic carbocycles. The van der Waals surface area contributed by atoms with E-state index >= 15 is 0 Å². The Morgan fingerprint density at radius 3 is 2.89 bits per heavy atom. The molecule has 0 atom stereocenters. The predicted octanol–water partition coefficient (Wildman–Crippen LogP) is 3.67. The SMILES string of the molecule is CCc1cnc(CNc2ccc(C(=O)O)c(Cl)c2)s1. The zero-order valence-electron chi connectivity index (χ0n) is 10.3. The van der Waals surface area contributed by atoms with Crippen LogP contribution in [0, 0.1) is 0 Å². The molecule has 19 heavy (non-hydrogen) atoms. The molecule has 0 fully saturated rings. The lowest BCUT2D eigenvalue weighted by Gasteiger charge is -2.06.